The first-order valence-electron chi connectivity index (χ1n) is 6.28. The van der Waals surface area contributed by atoms with Gasteiger partial charge in [0, 0.05) is 44.5 Å². The predicted octanol–water partition coefficient (Wildman–Crippen LogP) is 0.195. The summed E-state index contributed by atoms with van der Waals surface area (Å²) in [5.41, 5.74) is 7.25. The number of carbonyl (C=O) groups is 1. The molecule has 2 N–H and O–H groups in total. The average Bonchev–Trinajstić information content (AvgIpc) is 2.76. The highest BCUT2D eigenvalue weighted by Crippen LogP contribution is 2.09. The van der Waals surface area contributed by atoms with E-state index < -0.39 is 0 Å². The van der Waals surface area contributed by atoms with Gasteiger partial charge in [-0.1, -0.05) is 6.07 Å². The van der Waals surface area contributed by atoms with Crippen LogP contribution in [0.3, 0.4) is 0 Å². The highest BCUT2D eigenvalue weighted by molar-refractivity contribution is 5.78. The number of rotatable bonds is 4. The van der Waals surface area contributed by atoms with Crippen molar-refractivity contribution in [2.75, 3.05) is 20.1 Å². The van der Waals surface area contributed by atoms with Crippen molar-refractivity contribution in [1.82, 2.24) is 20.7 Å². The molecule has 1 fully saturated rings. The summed E-state index contributed by atoms with van der Waals surface area (Å²) in [5.74, 6) is 0.606. The molecule has 1 aliphatic heterocycles. The van der Waals surface area contributed by atoms with Crippen LogP contribution in [0.5, 0.6) is 0 Å². The fourth-order valence-electron chi connectivity index (χ4n) is 2.13. The van der Waals surface area contributed by atoms with Crippen LogP contribution in [-0.2, 0) is 11.2 Å². The lowest BCUT2D eigenvalue weighted by molar-refractivity contribution is -0.129. The molecule has 2 heterocycles. The minimum absolute atomic E-state index is 0.141. The Morgan fingerprint density at radius 2 is 2.44 bits per heavy atom. The van der Waals surface area contributed by atoms with Crippen LogP contribution in [0.15, 0.2) is 24.5 Å². The van der Waals surface area contributed by atoms with E-state index in [2.05, 4.69) is 22.8 Å². The zero-order valence-corrected chi connectivity index (χ0v) is 10.9. The lowest BCUT2D eigenvalue weighted by atomic mass is 10.0. The van der Waals surface area contributed by atoms with Crippen molar-refractivity contribution >= 4 is 5.91 Å². The van der Waals surface area contributed by atoms with E-state index in [-0.39, 0.29) is 5.91 Å². The number of amides is 1. The number of hydrogen-bond acceptors (Lipinski definition) is 4. The van der Waals surface area contributed by atoms with Gasteiger partial charge < -0.3 is 4.90 Å². The molecule has 2 atom stereocenters. The molecule has 1 amide bonds. The minimum atomic E-state index is 0.141. The molecule has 1 saturated heterocycles. The van der Waals surface area contributed by atoms with Gasteiger partial charge in [-0.05, 0) is 18.6 Å². The molecule has 98 valence electrons. The fraction of sp³-hybridized carbons (Fsp3) is 0.538. The van der Waals surface area contributed by atoms with Crippen LogP contribution in [0.25, 0.3) is 0 Å². The van der Waals surface area contributed by atoms with Gasteiger partial charge in [0.25, 0.3) is 0 Å². The van der Waals surface area contributed by atoms with Crippen molar-refractivity contribution in [3.8, 4) is 0 Å². The average molecular weight is 248 g/mol. The van der Waals surface area contributed by atoms with E-state index in [1.165, 1.54) is 0 Å². The van der Waals surface area contributed by atoms with Crippen LogP contribution >= 0.6 is 0 Å². The number of aromatic nitrogens is 1. The van der Waals surface area contributed by atoms with E-state index in [4.69, 9.17) is 0 Å². The number of nitrogens with zero attached hydrogens (tertiary/aromatic N) is 2. The predicted molar refractivity (Wildman–Crippen MR) is 69.7 cm³/mol. The van der Waals surface area contributed by atoms with Crippen molar-refractivity contribution in [3.63, 3.8) is 0 Å². The van der Waals surface area contributed by atoms with Crippen LogP contribution in [-0.4, -0.2) is 42.0 Å². The Bertz CT molecular complexity index is 395. The molecule has 0 saturated carbocycles. The normalized spacial score (nSPS) is 23.0. The van der Waals surface area contributed by atoms with E-state index in [9.17, 15) is 4.79 Å². The first-order chi connectivity index (χ1) is 8.66. The second-order valence-electron chi connectivity index (χ2n) is 4.89. The van der Waals surface area contributed by atoms with Crippen LogP contribution in [0.1, 0.15) is 12.5 Å². The summed E-state index contributed by atoms with van der Waals surface area (Å²) in [5, 5.41) is 0. The van der Waals surface area contributed by atoms with Crippen LogP contribution in [0.4, 0.5) is 0 Å². The molecule has 0 bridgehead atoms. The molecular formula is C13H20N4O. The second kappa shape index (κ2) is 5.93. The van der Waals surface area contributed by atoms with Crippen LogP contribution in [0.2, 0.25) is 0 Å². The number of nitrogens with one attached hydrogen (secondary N) is 2. The monoisotopic (exact) mass is 248 g/mol. The largest absolute Gasteiger partial charge is 0.345 e. The van der Waals surface area contributed by atoms with E-state index in [1.54, 1.807) is 12.4 Å². The second-order valence-corrected chi connectivity index (χ2v) is 4.89. The van der Waals surface area contributed by atoms with E-state index in [0.717, 1.165) is 18.7 Å². The molecule has 0 aliphatic carbocycles. The van der Waals surface area contributed by atoms with Crippen molar-refractivity contribution in [3.05, 3.63) is 30.1 Å². The molecule has 2 unspecified atom stereocenters. The number of hydrogen-bond donors (Lipinski definition) is 2. The van der Waals surface area contributed by atoms with Crippen molar-refractivity contribution < 1.29 is 4.79 Å². The summed E-state index contributed by atoms with van der Waals surface area (Å²) in [6, 6.07) is 4.19. The van der Waals surface area contributed by atoms with Gasteiger partial charge >= 0.3 is 0 Å². The van der Waals surface area contributed by atoms with Crippen LogP contribution < -0.4 is 10.9 Å². The van der Waals surface area contributed by atoms with Gasteiger partial charge in [-0.15, -0.1) is 0 Å². The Kier molecular flexibility index (Phi) is 4.28. The Labute approximate surface area is 108 Å². The quantitative estimate of drug-likeness (QED) is 0.799. The topological polar surface area (TPSA) is 57.3 Å². The van der Waals surface area contributed by atoms with E-state index in [0.29, 0.717) is 18.4 Å². The third kappa shape index (κ3) is 3.27. The third-order valence-electron chi connectivity index (χ3n) is 3.41. The van der Waals surface area contributed by atoms with Gasteiger partial charge in [-0.3, -0.25) is 20.6 Å². The maximum atomic E-state index is 12.1. The Morgan fingerprint density at radius 1 is 1.61 bits per heavy atom. The molecule has 1 aliphatic rings. The molecule has 1 aromatic heterocycles. The van der Waals surface area contributed by atoms with E-state index >= 15 is 0 Å². The molecule has 5 nitrogen and oxygen atoms in total. The highest BCUT2D eigenvalue weighted by Gasteiger charge is 2.25. The minimum Gasteiger partial charge on any atom is -0.345 e. The van der Waals surface area contributed by atoms with Crippen molar-refractivity contribution in [1.29, 1.82) is 0 Å². The highest BCUT2D eigenvalue weighted by atomic mass is 16.2. The Morgan fingerprint density at radius 3 is 3.06 bits per heavy atom. The third-order valence-corrected chi connectivity index (χ3v) is 3.41. The maximum absolute atomic E-state index is 12.1. The Balaban J connectivity index is 1.85. The zero-order chi connectivity index (χ0) is 13.0. The number of carbonyl (C=O) groups excluding carboxylic acids is 1. The summed E-state index contributed by atoms with van der Waals surface area (Å²) in [4.78, 5) is 17.9. The molecule has 0 spiro atoms. The van der Waals surface area contributed by atoms with Gasteiger partial charge in [0.1, 0.15) is 0 Å². The van der Waals surface area contributed by atoms with Crippen molar-refractivity contribution in [2.45, 2.75) is 19.4 Å². The van der Waals surface area contributed by atoms with Crippen LogP contribution in [0, 0.1) is 5.92 Å². The van der Waals surface area contributed by atoms with Gasteiger partial charge in [0.15, 0.2) is 0 Å². The van der Waals surface area contributed by atoms with Crippen molar-refractivity contribution in [2.24, 2.45) is 5.92 Å². The summed E-state index contributed by atoms with van der Waals surface area (Å²) in [6.45, 7) is 3.82. The molecule has 0 aromatic carbocycles. The number of hydrazine groups is 1. The molecule has 1 aromatic rings. The SMILES string of the molecule is CC1NNCC1CN(C)C(=O)Cc1cccnc1. The van der Waals surface area contributed by atoms with Gasteiger partial charge in [0.05, 0.1) is 6.42 Å². The lowest BCUT2D eigenvalue weighted by Gasteiger charge is -2.22. The lowest BCUT2D eigenvalue weighted by Crippen LogP contribution is -2.37. The summed E-state index contributed by atoms with van der Waals surface area (Å²) >= 11 is 0. The number of likely N-dealkylation sites (N-methyl/N-ethyl adjacent to an activating group) is 1. The maximum Gasteiger partial charge on any atom is 0.226 e. The molecule has 0 radical (unpaired) electrons. The first-order valence-corrected chi connectivity index (χ1v) is 6.28. The summed E-state index contributed by atoms with van der Waals surface area (Å²) in [7, 11) is 1.86. The summed E-state index contributed by atoms with van der Waals surface area (Å²) in [6.07, 6.45) is 3.88. The first kappa shape index (κ1) is 13.0. The molecule has 5 heteroatoms. The molecule has 2 rings (SSSR count). The molecular weight excluding hydrogens is 228 g/mol. The number of pyridine rings is 1. The van der Waals surface area contributed by atoms with E-state index in [1.807, 2.05) is 24.1 Å². The summed E-state index contributed by atoms with van der Waals surface area (Å²) < 4.78 is 0. The Hall–Kier alpha value is -1.46. The fourth-order valence-corrected chi connectivity index (χ4v) is 2.13. The smallest absolute Gasteiger partial charge is 0.226 e. The zero-order valence-electron chi connectivity index (χ0n) is 10.9. The van der Waals surface area contributed by atoms with Gasteiger partial charge in [-0.25, -0.2) is 0 Å². The standard InChI is InChI=1S/C13H20N4O/c1-10-12(8-15-16-10)9-17(2)13(18)6-11-4-3-5-14-7-11/h3-5,7,10,12,15-16H,6,8-9H2,1-2H3. The van der Waals surface area contributed by atoms with Gasteiger partial charge in [0.2, 0.25) is 5.91 Å². The van der Waals surface area contributed by atoms with Gasteiger partial charge in [-0.2, -0.15) is 0 Å². The molecule has 18 heavy (non-hydrogen) atoms.